The van der Waals surface area contributed by atoms with Crippen molar-refractivity contribution < 1.29 is 0 Å². The van der Waals surface area contributed by atoms with Gasteiger partial charge in [0.15, 0.2) is 0 Å². The van der Waals surface area contributed by atoms with Crippen LogP contribution in [0.5, 0.6) is 0 Å². The Morgan fingerprint density at radius 1 is 1.27 bits per heavy atom. The molecule has 0 heterocycles. The highest BCUT2D eigenvalue weighted by molar-refractivity contribution is 4.77. The Labute approximate surface area is 95.4 Å². The van der Waals surface area contributed by atoms with E-state index < -0.39 is 0 Å². The van der Waals surface area contributed by atoms with Crippen LogP contribution in [0.2, 0.25) is 0 Å². The summed E-state index contributed by atoms with van der Waals surface area (Å²) >= 11 is 0. The Kier molecular flexibility index (Phi) is 6.26. The highest BCUT2D eigenvalue weighted by atomic mass is 15.1. The van der Waals surface area contributed by atoms with Crippen LogP contribution in [0.3, 0.4) is 0 Å². The van der Waals surface area contributed by atoms with E-state index >= 15 is 0 Å². The van der Waals surface area contributed by atoms with E-state index in [9.17, 15) is 0 Å². The van der Waals surface area contributed by atoms with E-state index in [-0.39, 0.29) is 0 Å². The maximum atomic E-state index is 3.63. The van der Waals surface area contributed by atoms with Crippen molar-refractivity contribution in [2.45, 2.75) is 52.5 Å². The first-order valence-corrected chi connectivity index (χ1v) is 6.72. The van der Waals surface area contributed by atoms with Gasteiger partial charge in [-0.3, -0.25) is 0 Å². The van der Waals surface area contributed by atoms with E-state index in [0.29, 0.717) is 0 Å². The molecular weight excluding hydrogens is 184 g/mol. The third-order valence-corrected chi connectivity index (χ3v) is 3.42. The largest absolute Gasteiger partial charge is 0.314 e. The van der Waals surface area contributed by atoms with Crippen molar-refractivity contribution in [2.24, 2.45) is 5.92 Å². The molecule has 1 N–H and O–H groups in total. The molecule has 0 aromatic rings. The van der Waals surface area contributed by atoms with Gasteiger partial charge in [0, 0.05) is 6.04 Å². The predicted molar refractivity (Wildman–Crippen MR) is 67.2 cm³/mol. The highest BCUT2D eigenvalue weighted by Gasteiger charge is 2.22. The predicted octanol–water partition coefficient (Wildman–Crippen LogP) is 2.50. The second-order valence-corrected chi connectivity index (χ2v) is 4.91. The lowest BCUT2D eigenvalue weighted by Crippen LogP contribution is -2.31. The summed E-state index contributed by atoms with van der Waals surface area (Å²) in [6, 6.07) is 0.731. The summed E-state index contributed by atoms with van der Waals surface area (Å²) in [5.41, 5.74) is 0. The summed E-state index contributed by atoms with van der Waals surface area (Å²) in [5, 5.41) is 3.63. The zero-order valence-corrected chi connectivity index (χ0v) is 10.8. The van der Waals surface area contributed by atoms with Crippen LogP contribution in [-0.2, 0) is 0 Å². The molecule has 0 amide bonds. The van der Waals surface area contributed by atoms with Crippen LogP contribution < -0.4 is 5.32 Å². The first-order chi connectivity index (χ1) is 7.26. The minimum atomic E-state index is 0.731. The maximum absolute atomic E-state index is 3.63. The molecule has 0 saturated heterocycles. The van der Waals surface area contributed by atoms with Gasteiger partial charge in [0.05, 0.1) is 0 Å². The Morgan fingerprint density at radius 3 is 2.47 bits per heavy atom. The highest BCUT2D eigenvalue weighted by Crippen LogP contribution is 2.33. The lowest BCUT2D eigenvalue weighted by molar-refractivity contribution is 0.295. The minimum absolute atomic E-state index is 0.731. The van der Waals surface area contributed by atoms with E-state index in [4.69, 9.17) is 0 Å². The molecule has 1 aliphatic rings. The van der Waals surface area contributed by atoms with Crippen molar-refractivity contribution in [3.8, 4) is 0 Å². The van der Waals surface area contributed by atoms with Crippen molar-refractivity contribution in [3.63, 3.8) is 0 Å². The van der Waals surface area contributed by atoms with Crippen LogP contribution in [0.25, 0.3) is 0 Å². The maximum Gasteiger partial charge on any atom is 0.00413 e. The van der Waals surface area contributed by atoms with E-state index in [0.717, 1.165) is 12.0 Å². The van der Waals surface area contributed by atoms with E-state index in [2.05, 4.69) is 31.0 Å². The molecule has 1 aliphatic carbocycles. The number of hydrogen-bond donors (Lipinski definition) is 1. The van der Waals surface area contributed by atoms with E-state index in [1.54, 1.807) is 0 Å². The summed E-state index contributed by atoms with van der Waals surface area (Å²) in [6.45, 7) is 11.6. The van der Waals surface area contributed by atoms with Gasteiger partial charge < -0.3 is 10.2 Å². The number of nitrogens with zero attached hydrogens (tertiary/aromatic N) is 1. The van der Waals surface area contributed by atoms with Crippen molar-refractivity contribution >= 4 is 0 Å². The first-order valence-electron chi connectivity index (χ1n) is 6.72. The molecule has 1 fully saturated rings. The molecule has 1 saturated carbocycles. The third kappa shape index (κ3) is 6.16. The van der Waals surface area contributed by atoms with Gasteiger partial charge in [0.25, 0.3) is 0 Å². The SMILES string of the molecule is CCN(CC)CCCNC(C)CC1CC1. The van der Waals surface area contributed by atoms with E-state index in [1.807, 2.05) is 0 Å². The fraction of sp³-hybridized carbons (Fsp3) is 1.00. The van der Waals surface area contributed by atoms with Gasteiger partial charge in [0.2, 0.25) is 0 Å². The van der Waals surface area contributed by atoms with Gasteiger partial charge in [-0.15, -0.1) is 0 Å². The Bertz CT molecular complexity index is 151. The second-order valence-electron chi connectivity index (χ2n) is 4.91. The van der Waals surface area contributed by atoms with Gasteiger partial charge >= 0.3 is 0 Å². The van der Waals surface area contributed by atoms with E-state index in [1.165, 1.54) is 51.9 Å². The van der Waals surface area contributed by atoms with Gasteiger partial charge in [-0.25, -0.2) is 0 Å². The van der Waals surface area contributed by atoms with Gasteiger partial charge in [0.1, 0.15) is 0 Å². The topological polar surface area (TPSA) is 15.3 Å². The summed E-state index contributed by atoms with van der Waals surface area (Å²) in [4.78, 5) is 2.49. The fourth-order valence-corrected chi connectivity index (χ4v) is 2.13. The second kappa shape index (κ2) is 7.24. The van der Waals surface area contributed by atoms with Crippen LogP contribution in [0.15, 0.2) is 0 Å². The molecule has 0 bridgehead atoms. The molecule has 90 valence electrons. The smallest absolute Gasteiger partial charge is 0.00413 e. The number of rotatable bonds is 9. The molecule has 2 heteroatoms. The average Bonchev–Trinajstić information content (AvgIpc) is 3.02. The van der Waals surface area contributed by atoms with Crippen molar-refractivity contribution in [2.75, 3.05) is 26.2 Å². The number of hydrogen-bond acceptors (Lipinski definition) is 2. The molecule has 0 aromatic carbocycles. The van der Waals surface area contributed by atoms with Crippen LogP contribution in [0, 0.1) is 5.92 Å². The Balaban J connectivity index is 1.90. The normalized spacial score (nSPS) is 18.4. The molecule has 1 atom stereocenters. The van der Waals surface area contributed by atoms with Crippen LogP contribution in [0.4, 0.5) is 0 Å². The Hall–Kier alpha value is -0.0800. The third-order valence-electron chi connectivity index (χ3n) is 3.42. The zero-order valence-electron chi connectivity index (χ0n) is 10.8. The molecule has 15 heavy (non-hydrogen) atoms. The molecule has 0 aromatic heterocycles. The summed E-state index contributed by atoms with van der Waals surface area (Å²) < 4.78 is 0. The monoisotopic (exact) mass is 212 g/mol. The van der Waals surface area contributed by atoms with Gasteiger partial charge in [-0.2, -0.15) is 0 Å². The summed E-state index contributed by atoms with van der Waals surface area (Å²) in [5.74, 6) is 1.05. The van der Waals surface area contributed by atoms with Crippen molar-refractivity contribution in [1.82, 2.24) is 10.2 Å². The molecule has 2 nitrogen and oxygen atoms in total. The minimum Gasteiger partial charge on any atom is -0.314 e. The van der Waals surface area contributed by atoms with Crippen LogP contribution in [-0.4, -0.2) is 37.1 Å². The van der Waals surface area contributed by atoms with Gasteiger partial charge in [-0.05, 0) is 51.9 Å². The van der Waals surface area contributed by atoms with Crippen molar-refractivity contribution in [3.05, 3.63) is 0 Å². The quantitative estimate of drug-likeness (QED) is 0.591. The van der Waals surface area contributed by atoms with Gasteiger partial charge in [-0.1, -0.05) is 26.7 Å². The fourth-order valence-electron chi connectivity index (χ4n) is 2.13. The molecular formula is C13H28N2. The summed E-state index contributed by atoms with van der Waals surface area (Å²) in [7, 11) is 0. The molecule has 1 unspecified atom stereocenters. The molecule has 0 spiro atoms. The average molecular weight is 212 g/mol. The zero-order chi connectivity index (χ0) is 11.1. The lowest BCUT2D eigenvalue weighted by Gasteiger charge is -2.19. The molecule has 0 radical (unpaired) electrons. The van der Waals surface area contributed by atoms with Crippen molar-refractivity contribution in [1.29, 1.82) is 0 Å². The van der Waals surface area contributed by atoms with Crippen LogP contribution in [0.1, 0.15) is 46.5 Å². The van der Waals surface area contributed by atoms with Crippen LogP contribution >= 0.6 is 0 Å². The Morgan fingerprint density at radius 2 is 1.93 bits per heavy atom. The standard InChI is InChI=1S/C13H28N2/c1-4-15(5-2)10-6-9-14-12(3)11-13-7-8-13/h12-14H,4-11H2,1-3H3. The number of nitrogens with one attached hydrogen (secondary N) is 1. The summed E-state index contributed by atoms with van der Waals surface area (Å²) in [6.07, 6.45) is 5.64. The first kappa shape index (κ1) is 13.0. The molecule has 0 aliphatic heterocycles. The molecule has 1 rings (SSSR count). The lowest BCUT2D eigenvalue weighted by atomic mass is 10.1.